The van der Waals surface area contributed by atoms with Crippen LogP contribution in [0.1, 0.15) is 0 Å². The molecule has 276 valence electrons. The predicted molar refractivity (Wildman–Crippen MR) is 238 cm³/mol. The van der Waals surface area contributed by atoms with Gasteiger partial charge in [-0.25, -0.2) is 0 Å². The molecule has 0 aliphatic carbocycles. The largest absolute Gasteiger partial charge is 0.317 e. The molecule has 18 heteroatoms. The number of nitrogens with zero attached hydrogens (tertiary/aromatic N) is 3. The lowest BCUT2D eigenvalue weighted by Crippen LogP contribution is -2.16. The number of hydrogen-bond acceptors (Lipinski definition) is 9. The Bertz CT molecular complexity index is 2070. The van der Waals surface area contributed by atoms with Gasteiger partial charge in [0.1, 0.15) is 0 Å². The first-order valence-electron chi connectivity index (χ1n) is 16.1. The molecular formula is C36H30Cl6N9P3. The van der Waals surface area contributed by atoms with E-state index in [1.807, 2.05) is 109 Å². The summed E-state index contributed by atoms with van der Waals surface area (Å²) in [6.45, 7) is 0. The molecule has 6 N–H and O–H groups in total. The molecule has 1 aliphatic heterocycles. The predicted octanol–water partition coefficient (Wildman–Crippen LogP) is 16.4. The van der Waals surface area contributed by atoms with E-state index in [1.165, 1.54) is 0 Å². The molecule has 0 radical (unpaired) electrons. The van der Waals surface area contributed by atoms with Crippen LogP contribution < -0.4 is 30.5 Å². The maximum absolute atomic E-state index is 6.86. The van der Waals surface area contributed by atoms with Crippen molar-refractivity contribution in [3.63, 3.8) is 0 Å². The van der Waals surface area contributed by atoms with Gasteiger partial charge in [-0.15, -0.1) is 0 Å². The van der Waals surface area contributed by atoms with Crippen LogP contribution in [0.3, 0.4) is 0 Å². The lowest BCUT2D eigenvalue weighted by Gasteiger charge is -2.39. The Kier molecular flexibility index (Phi) is 12.0. The summed E-state index contributed by atoms with van der Waals surface area (Å²) < 4.78 is 16.8. The first-order chi connectivity index (χ1) is 26.1. The minimum atomic E-state index is -3.58. The van der Waals surface area contributed by atoms with Crippen molar-refractivity contribution in [3.8, 4) is 0 Å². The van der Waals surface area contributed by atoms with Crippen molar-refractivity contribution in [3.05, 3.63) is 176 Å². The number of anilines is 6. The summed E-state index contributed by atoms with van der Waals surface area (Å²) in [6, 6.07) is 44.0. The van der Waals surface area contributed by atoms with Gasteiger partial charge in [0.15, 0.2) is 0 Å². The van der Waals surface area contributed by atoms with E-state index in [0.29, 0.717) is 64.3 Å². The SMILES string of the molecule is Clc1ccccc1NP1(Nc2ccccc2Cl)=NP(Nc2ccccc2Cl)(Nc2ccccc2Cl)=NP(Nc2ccccc2Cl)(Nc2ccccc2Cl)=N1. The third-order valence-corrected chi connectivity index (χ3v) is 19.2. The molecule has 0 atom stereocenters. The normalized spacial score (nSPS) is 15.0. The fourth-order valence-electron chi connectivity index (χ4n) is 5.29. The van der Waals surface area contributed by atoms with Crippen LogP contribution in [0.2, 0.25) is 30.1 Å². The smallest absolute Gasteiger partial charge is 0.268 e. The van der Waals surface area contributed by atoms with E-state index < -0.39 is 22.5 Å². The highest BCUT2D eigenvalue weighted by molar-refractivity contribution is 7.90. The molecule has 7 rings (SSSR count). The van der Waals surface area contributed by atoms with Crippen LogP contribution in [0.4, 0.5) is 34.1 Å². The fraction of sp³-hybridized carbons (Fsp3) is 0. The summed E-state index contributed by atoms with van der Waals surface area (Å²) in [4.78, 5) is 0. The van der Waals surface area contributed by atoms with Gasteiger partial charge in [0.2, 0.25) is 0 Å². The summed E-state index contributed by atoms with van der Waals surface area (Å²) in [5.74, 6) is 0. The topological polar surface area (TPSA) is 109 Å². The van der Waals surface area contributed by atoms with Crippen LogP contribution in [0.15, 0.2) is 159 Å². The van der Waals surface area contributed by atoms with Crippen LogP contribution in [0.25, 0.3) is 0 Å². The van der Waals surface area contributed by atoms with Gasteiger partial charge in [-0.1, -0.05) is 142 Å². The van der Waals surface area contributed by atoms with Crippen LogP contribution in [-0.4, -0.2) is 0 Å². The zero-order valence-corrected chi connectivity index (χ0v) is 35.0. The summed E-state index contributed by atoms with van der Waals surface area (Å²) >= 11 is 41.2. The highest BCUT2D eigenvalue weighted by Crippen LogP contribution is 2.77. The van der Waals surface area contributed by atoms with E-state index in [-0.39, 0.29) is 0 Å². The zero-order valence-electron chi connectivity index (χ0n) is 27.8. The first-order valence-corrected chi connectivity index (χ1v) is 23.5. The molecule has 6 aromatic carbocycles. The molecule has 0 saturated carbocycles. The number of para-hydroxylation sites is 6. The van der Waals surface area contributed by atoms with Crippen LogP contribution in [-0.2, 0) is 0 Å². The van der Waals surface area contributed by atoms with Gasteiger partial charge in [-0.05, 0) is 72.8 Å². The lowest BCUT2D eigenvalue weighted by molar-refractivity contribution is 1.49. The fourth-order valence-corrected chi connectivity index (χ4v) is 18.2. The first kappa shape index (κ1) is 38.8. The molecule has 0 spiro atoms. The van der Waals surface area contributed by atoms with E-state index in [4.69, 9.17) is 83.2 Å². The van der Waals surface area contributed by atoms with Gasteiger partial charge in [-0.2, -0.15) is 13.5 Å². The molecule has 9 nitrogen and oxygen atoms in total. The van der Waals surface area contributed by atoms with Crippen LogP contribution in [0, 0.1) is 0 Å². The molecule has 1 heterocycles. The van der Waals surface area contributed by atoms with Crippen molar-refractivity contribution < 1.29 is 0 Å². The third kappa shape index (κ3) is 8.98. The summed E-state index contributed by atoms with van der Waals surface area (Å²) in [6.07, 6.45) is 0. The minimum Gasteiger partial charge on any atom is -0.317 e. The number of hydrogen-bond donors (Lipinski definition) is 6. The Morgan fingerprint density at radius 2 is 0.407 bits per heavy atom. The van der Waals surface area contributed by atoms with Gasteiger partial charge >= 0.3 is 0 Å². The van der Waals surface area contributed by atoms with E-state index in [1.54, 1.807) is 36.4 Å². The second-order valence-electron chi connectivity index (χ2n) is 11.6. The number of halogens is 6. The van der Waals surface area contributed by atoms with Crippen LogP contribution in [0.5, 0.6) is 0 Å². The van der Waals surface area contributed by atoms with Crippen molar-refractivity contribution in [2.24, 2.45) is 13.5 Å². The third-order valence-electron chi connectivity index (χ3n) is 7.68. The standard InChI is InChI=1S/C36H30Cl6N9P3/c37-25-13-1-7-19-31(25)43-52(44-32-20-8-2-14-26(32)38)49-53(45-33-21-9-3-15-27(33)39,46-34-22-10-4-16-28(34)40)51-54(50-52,47-35-23-11-5-17-29(35)41)48-36-24-12-6-18-30(36)42/h1-24,43-48H. The Morgan fingerprint density at radius 1 is 0.259 bits per heavy atom. The van der Waals surface area contributed by atoms with E-state index in [2.05, 4.69) is 30.5 Å². The van der Waals surface area contributed by atoms with Gasteiger partial charge < -0.3 is 30.5 Å². The van der Waals surface area contributed by atoms with Gasteiger partial charge in [0.05, 0.1) is 64.3 Å². The summed E-state index contributed by atoms with van der Waals surface area (Å²) in [5, 5.41) is 24.4. The van der Waals surface area contributed by atoms with E-state index in [9.17, 15) is 0 Å². The number of benzene rings is 6. The van der Waals surface area contributed by atoms with Crippen molar-refractivity contribution in [1.82, 2.24) is 0 Å². The van der Waals surface area contributed by atoms with Crippen molar-refractivity contribution in [2.45, 2.75) is 0 Å². The molecule has 0 bridgehead atoms. The quantitative estimate of drug-likeness (QED) is 0.0683. The van der Waals surface area contributed by atoms with E-state index >= 15 is 0 Å². The minimum absolute atomic E-state index is 0.440. The van der Waals surface area contributed by atoms with Crippen molar-refractivity contribution in [1.29, 1.82) is 0 Å². The maximum Gasteiger partial charge on any atom is 0.268 e. The highest BCUT2D eigenvalue weighted by Gasteiger charge is 2.40. The van der Waals surface area contributed by atoms with Crippen molar-refractivity contribution >= 4 is 126 Å². The Hall–Kier alpha value is -3.45. The lowest BCUT2D eigenvalue weighted by atomic mass is 10.3. The molecule has 0 unspecified atom stereocenters. The van der Waals surface area contributed by atoms with E-state index in [0.717, 1.165) is 0 Å². The maximum atomic E-state index is 6.86. The zero-order chi connectivity index (χ0) is 37.8. The monoisotopic (exact) mass is 891 g/mol. The average Bonchev–Trinajstić information content (AvgIpc) is 3.14. The number of rotatable bonds is 12. The Balaban J connectivity index is 1.63. The second-order valence-corrected chi connectivity index (χ2v) is 21.2. The molecule has 1 aliphatic rings. The molecular weight excluding hydrogens is 864 g/mol. The van der Waals surface area contributed by atoms with Crippen LogP contribution >= 0.6 is 92.1 Å². The summed E-state index contributed by atoms with van der Waals surface area (Å²) in [5.41, 5.74) is 3.35. The Morgan fingerprint density at radius 3 is 0.556 bits per heavy atom. The summed E-state index contributed by atoms with van der Waals surface area (Å²) in [7, 11) is -10.7. The molecule has 6 aromatic rings. The molecule has 0 aromatic heterocycles. The molecule has 0 amide bonds. The molecule has 0 fully saturated rings. The van der Waals surface area contributed by atoms with Gasteiger partial charge in [-0.3, -0.25) is 0 Å². The average molecular weight is 894 g/mol. The van der Waals surface area contributed by atoms with Crippen molar-refractivity contribution in [2.75, 3.05) is 30.5 Å². The molecule has 54 heavy (non-hydrogen) atoms. The van der Waals surface area contributed by atoms with Gasteiger partial charge in [0.25, 0.3) is 22.5 Å². The Labute approximate surface area is 343 Å². The molecule has 0 saturated heterocycles. The second kappa shape index (κ2) is 16.7. The van der Waals surface area contributed by atoms with Gasteiger partial charge in [0, 0.05) is 0 Å². The number of nitrogens with one attached hydrogen (secondary N) is 6. The highest BCUT2D eigenvalue weighted by atomic mass is 35.5.